The fraction of sp³-hybridized carbons (Fsp3) is 0.261. The van der Waals surface area contributed by atoms with E-state index < -0.39 is 0 Å². The first-order valence-corrected chi connectivity index (χ1v) is 9.92. The lowest BCUT2D eigenvalue weighted by Crippen LogP contribution is -2.36. The Bertz CT molecular complexity index is 1060. The van der Waals surface area contributed by atoms with Crippen LogP contribution >= 0.6 is 0 Å². The van der Waals surface area contributed by atoms with Crippen LogP contribution in [0.5, 0.6) is 5.75 Å². The van der Waals surface area contributed by atoms with Crippen molar-refractivity contribution >= 4 is 11.7 Å². The maximum absolute atomic E-state index is 12.4. The summed E-state index contributed by atoms with van der Waals surface area (Å²) >= 11 is 0. The second-order valence-corrected chi connectivity index (χ2v) is 7.34. The van der Waals surface area contributed by atoms with Crippen molar-refractivity contribution in [3.8, 4) is 11.6 Å². The van der Waals surface area contributed by atoms with E-state index in [1.54, 1.807) is 13.3 Å². The molecule has 0 saturated carbocycles. The fourth-order valence-electron chi connectivity index (χ4n) is 3.92. The third-order valence-corrected chi connectivity index (χ3v) is 5.33. The van der Waals surface area contributed by atoms with E-state index in [-0.39, 0.29) is 18.0 Å². The molecule has 4 rings (SSSR count). The summed E-state index contributed by atoms with van der Waals surface area (Å²) in [6.07, 6.45) is 6.77. The number of anilines is 1. The molecule has 2 N–H and O–H groups in total. The van der Waals surface area contributed by atoms with Crippen molar-refractivity contribution in [1.82, 2.24) is 20.1 Å². The van der Waals surface area contributed by atoms with Gasteiger partial charge in [0.25, 0.3) is 0 Å². The van der Waals surface area contributed by atoms with E-state index in [2.05, 4.69) is 34.7 Å². The van der Waals surface area contributed by atoms with Crippen LogP contribution in [0.4, 0.5) is 10.5 Å². The number of urea groups is 1. The number of allylic oxidation sites excluding steroid dienone is 1. The number of hydrogen-bond donors (Lipinski definition) is 2. The number of aromatic nitrogens is 3. The number of carbonyl (C=O) groups excluding carboxylic acids is 1. The minimum atomic E-state index is -0.229. The number of rotatable bonds is 5. The average Bonchev–Trinajstić information content (AvgIpc) is 3.32. The highest BCUT2D eigenvalue weighted by Crippen LogP contribution is 2.33. The molecule has 2 heterocycles. The number of amides is 2. The predicted octanol–water partition coefficient (Wildman–Crippen LogP) is 4.13. The van der Waals surface area contributed by atoms with E-state index >= 15 is 0 Å². The summed E-state index contributed by atoms with van der Waals surface area (Å²) in [6, 6.07) is 12.8. The van der Waals surface area contributed by atoms with Crippen LogP contribution in [0.25, 0.3) is 5.82 Å². The molecule has 0 aliphatic heterocycles. The zero-order valence-electron chi connectivity index (χ0n) is 17.3. The molecule has 1 aliphatic rings. The third kappa shape index (κ3) is 4.05. The smallest absolute Gasteiger partial charge is 0.319 e. The van der Waals surface area contributed by atoms with Crippen molar-refractivity contribution in [1.29, 1.82) is 0 Å². The molecule has 3 aromatic rings. The zero-order valence-corrected chi connectivity index (χ0v) is 17.3. The van der Waals surface area contributed by atoms with Gasteiger partial charge in [-0.15, -0.1) is 0 Å². The second kappa shape index (κ2) is 8.41. The van der Waals surface area contributed by atoms with Crippen LogP contribution in [0.1, 0.15) is 29.3 Å². The highest BCUT2D eigenvalue weighted by Gasteiger charge is 2.27. The summed E-state index contributed by atoms with van der Waals surface area (Å²) in [7, 11) is 1.61. The van der Waals surface area contributed by atoms with E-state index in [1.165, 1.54) is 5.56 Å². The summed E-state index contributed by atoms with van der Waals surface area (Å²) in [4.78, 5) is 16.8. The lowest BCUT2D eigenvalue weighted by Gasteiger charge is -2.15. The van der Waals surface area contributed by atoms with Gasteiger partial charge in [0.1, 0.15) is 5.75 Å². The summed E-state index contributed by atoms with van der Waals surface area (Å²) in [5, 5.41) is 10.6. The number of ether oxygens (including phenoxy) is 1. The lowest BCUT2D eigenvalue weighted by atomic mass is 9.96. The van der Waals surface area contributed by atoms with Gasteiger partial charge >= 0.3 is 6.03 Å². The summed E-state index contributed by atoms with van der Waals surface area (Å²) < 4.78 is 7.02. The van der Waals surface area contributed by atoms with Crippen LogP contribution in [0.2, 0.25) is 0 Å². The van der Waals surface area contributed by atoms with Crippen LogP contribution < -0.4 is 15.4 Å². The number of methoxy groups -OCH3 is 1. The Morgan fingerprint density at radius 1 is 1.13 bits per heavy atom. The van der Waals surface area contributed by atoms with Crippen molar-refractivity contribution in [3.63, 3.8) is 0 Å². The molecule has 2 atom stereocenters. The topological polar surface area (TPSA) is 81.1 Å². The SMILES string of the molecule is COc1ccc(NC(=O)N[C@@H]2C=C[C@@H](c3c(C)nn(-c4ccccn4)c3C)C2)cc1. The highest BCUT2D eigenvalue weighted by molar-refractivity contribution is 5.89. The Balaban J connectivity index is 1.40. The van der Waals surface area contributed by atoms with Crippen LogP contribution in [-0.2, 0) is 0 Å². The van der Waals surface area contributed by atoms with Gasteiger partial charge in [0.05, 0.1) is 12.8 Å². The van der Waals surface area contributed by atoms with Gasteiger partial charge in [-0.25, -0.2) is 14.5 Å². The maximum atomic E-state index is 12.4. The van der Waals surface area contributed by atoms with Gasteiger partial charge < -0.3 is 15.4 Å². The van der Waals surface area contributed by atoms with E-state index in [4.69, 9.17) is 9.84 Å². The highest BCUT2D eigenvalue weighted by atomic mass is 16.5. The first kappa shape index (κ1) is 19.7. The largest absolute Gasteiger partial charge is 0.497 e. The quantitative estimate of drug-likeness (QED) is 0.628. The van der Waals surface area contributed by atoms with Gasteiger partial charge in [0.2, 0.25) is 0 Å². The number of nitrogens with one attached hydrogen (secondary N) is 2. The molecular formula is C23H25N5O2. The van der Waals surface area contributed by atoms with E-state index in [1.807, 2.05) is 54.1 Å². The normalized spacial score (nSPS) is 17.7. The Morgan fingerprint density at radius 3 is 2.63 bits per heavy atom. The maximum Gasteiger partial charge on any atom is 0.319 e. The molecule has 1 aliphatic carbocycles. The zero-order chi connectivity index (χ0) is 21.1. The van der Waals surface area contributed by atoms with Gasteiger partial charge in [-0.3, -0.25) is 0 Å². The molecule has 30 heavy (non-hydrogen) atoms. The van der Waals surface area contributed by atoms with E-state index in [0.717, 1.165) is 35.1 Å². The first-order valence-electron chi connectivity index (χ1n) is 9.92. The standard InChI is InChI=1S/C23H25N5O2/c1-15-22(16(2)28(27-15)21-6-4-5-13-24-21)17-7-8-19(14-17)26-23(29)25-18-9-11-20(30-3)12-10-18/h4-13,17,19H,14H2,1-3H3,(H2,25,26,29)/t17-,19-/m1/s1. The number of pyridine rings is 1. The first-order chi connectivity index (χ1) is 14.5. The fourth-order valence-corrected chi connectivity index (χ4v) is 3.92. The van der Waals surface area contributed by atoms with Crippen LogP contribution in [0.3, 0.4) is 0 Å². The molecule has 1 aromatic carbocycles. The van der Waals surface area contributed by atoms with Gasteiger partial charge in [-0.05, 0) is 56.7 Å². The molecule has 7 heteroatoms. The number of benzene rings is 1. The summed E-state index contributed by atoms with van der Waals surface area (Å²) in [5.74, 6) is 1.76. The van der Waals surface area contributed by atoms with Crippen molar-refractivity contribution in [2.75, 3.05) is 12.4 Å². The van der Waals surface area contributed by atoms with Crippen molar-refractivity contribution in [2.45, 2.75) is 32.2 Å². The average molecular weight is 403 g/mol. The second-order valence-electron chi connectivity index (χ2n) is 7.34. The van der Waals surface area contributed by atoms with Gasteiger partial charge in [0, 0.05) is 35.1 Å². The van der Waals surface area contributed by atoms with Gasteiger partial charge in [0.15, 0.2) is 5.82 Å². The van der Waals surface area contributed by atoms with Crippen molar-refractivity contribution in [2.24, 2.45) is 0 Å². The molecule has 154 valence electrons. The number of carbonyl (C=O) groups is 1. The molecule has 0 saturated heterocycles. The third-order valence-electron chi connectivity index (χ3n) is 5.33. The monoisotopic (exact) mass is 403 g/mol. The molecule has 2 amide bonds. The summed E-state index contributed by atoms with van der Waals surface area (Å²) in [5.41, 5.74) is 3.97. The Kier molecular flexibility index (Phi) is 5.52. The Hall–Kier alpha value is -3.61. The van der Waals surface area contributed by atoms with Crippen molar-refractivity contribution in [3.05, 3.63) is 77.8 Å². The molecule has 0 fully saturated rings. The molecule has 7 nitrogen and oxygen atoms in total. The van der Waals surface area contributed by atoms with Gasteiger partial charge in [-0.1, -0.05) is 18.2 Å². The minimum absolute atomic E-state index is 0.0368. The Morgan fingerprint density at radius 2 is 1.93 bits per heavy atom. The van der Waals surface area contributed by atoms with Gasteiger partial charge in [-0.2, -0.15) is 5.10 Å². The van der Waals surface area contributed by atoms with E-state index in [9.17, 15) is 4.79 Å². The lowest BCUT2D eigenvalue weighted by molar-refractivity contribution is 0.250. The van der Waals surface area contributed by atoms with Crippen LogP contribution in [-0.4, -0.2) is 33.9 Å². The number of hydrogen-bond acceptors (Lipinski definition) is 4. The summed E-state index contributed by atoms with van der Waals surface area (Å²) in [6.45, 7) is 4.09. The molecular weight excluding hydrogens is 378 g/mol. The Labute approximate surface area is 175 Å². The van der Waals surface area contributed by atoms with Crippen LogP contribution in [0.15, 0.2) is 60.8 Å². The molecule has 0 radical (unpaired) electrons. The van der Waals surface area contributed by atoms with E-state index in [0.29, 0.717) is 0 Å². The predicted molar refractivity (Wildman–Crippen MR) is 116 cm³/mol. The molecule has 0 spiro atoms. The van der Waals surface area contributed by atoms with Crippen molar-refractivity contribution < 1.29 is 9.53 Å². The number of nitrogens with zero attached hydrogens (tertiary/aromatic N) is 3. The molecule has 2 aromatic heterocycles. The minimum Gasteiger partial charge on any atom is -0.497 e. The molecule has 0 unspecified atom stereocenters. The number of aryl methyl sites for hydroxylation is 1. The molecule has 0 bridgehead atoms. The van der Waals surface area contributed by atoms with Crippen LogP contribution in [0, 0.1) is 13.8 Å².